The van der Waals surface area contributed by atoms with Crippen LogP contribution in [0.15, 0.2) is 42.9 Å². The quantitative estimate of drug-likeness (QED) is 0.803. The summed E-state index contributed by atoms with van der Waals surface area (Å²) in [4.78, 5) is 39.1. The Kier molecular flexibility index (Phi) is 4.86. The molecule has 0 radical (unpaired) electrons. The van der Waals surface area contributed by atoms with Crippen LogP contribution in [0.5, 0.6) is 5.75 Å². The predicted octanol–water partition coefficient (Wildman–Crippen LogP) is 0.941. The van der Waals surface area contributed by atoms with E-state index in [1.54, 1.807) is 28.4 Å². The Hall–Kier alpha value is -3.16. The van der Waals surface area contributed by atoms with Gasteiger partial charge < -0.3 is 14.5 Å². The number of piperazine rings is 1. The van der Waals surface area contributed by atoms with E-state index in [-0.39, 0.29) is 24.8 Å². The van der Waals surface area contributed by atoms with Crippen molar-refractivity contribution in [2.24, 2.45) is 0 Å². The van der Waals surface area contributed by atoms with Gasteiger partial charge >= 0.3 is 0 Å². The zero-order chi connectivity index (χ0) is 18.6. The molecule has 8 heteroatoms. The smallest absolute Gasteiger partial charge is 0.242 e. The topological polar surface area (TPSA) is 78.9 Å². The Balaban J connectivity index is 1.42. The molecule has 0 saturated carbocycles. The van der Waals surface area contributed by atoms with Gasteiger partial charge in [0.1, 0.15) is 18.1 Å². The second-order valence-corrected chi connectivity index (χ2v) is 6.48. The summed E-state index contributed by atoms with van der Waals surface area (Å²) >= 11 is 0. The molecule has 0 aliphatic carbocycles. The van der Waals surface area contributed by atoms with Crippen LogP contribution in [0.1, 0.15) is 6.42 Å². The number of fused-ring (bicyclic) bond motifs is 1. The molecular weight excluding hydrogens is 346 g/mol. The third-order valence-electron chi connectivity index (χ3n) is 4.83. The second-order valence-electron chi connectivity index (χ2n) is 6.48. The number of nitrogens with zero attached hydrogens (tertiary/aromatic N) is 5. The molecule has 2 aliphatic rings. The summed E-state index contributed by atoms with van der Waals surface area (Å²) in [6.07, 6.45) is 5.30. The first-order valence-electron chi connectivity index (χ1n) is 9.03. The number of hydrogen-bond acceptors (Lipinski definition) is 6. The second kappa shape index (κ2) is 7.61. The van der Waals surface area contributed by atoms with Crippen molar-refractivity contribution in [1.82, 2.24) is 14.9 Å². The molecule has 2 amide bonds. The first-order valence-corrected chi connectivity index (χ1v) is 9.03. The van der Waals surface area contributed by atoms with E-state index in [1.165, 1.54) is 0 Å². The first kappa shape index (κ1) is 17.3. The van der Waals surface area contributed by atoms with E-state index >= 15 is 0 Å². The monoisotopic (exact) mass is 367 g/mol. The molecule has 8 nitrogen and oxygen atoms in total. The molecule has 0 atom stereocenters. The van der Waals surface area contributed by atoms with E-state index in [9.17, 15) is 9.59 Å². The van der Waals surface area contributed by atoms with Crippen molar-refractivity contribution in [2.75, 3.05) is 49.1 Å². The molecule has 2 aliphatic heterocycles. The van der Waals surface area contributed by atoms with Gasteiger partial charge in [-0.25, -0.2) is 4.98 Å². The molecule has 1 aromatic carbocycles. The van der Waals surface area contributed by atoms with E-state index in [0.29, 0.717) is 44.2 Å². The van der Waals surface area contributed by atoms with Crippen molar-refractivity contribution in [1.29, 1.82) is 0 Å². The van der Waals surface area contributed by atoms with Crippen LogP contribution in [0, 0.1) is 0 Å². The molecule has 1 saturated heterocycles. The van der Waals surface area contributed by atoms with Gasteiger partial charge in [0.15, 0.2) is 0 Å². The Morgan fingerprint density at radius 2 is 1.93 bits per heavy atom. The molecule has 140 valence electrons. The highest BCUT2D eigenvalue weighted by Crippen LogP contribution is 2.30. The number of anilines is 2. The lowest BCUT2D eigenvalue weighted by molar-refractivity contribution is -0.131. The van der Waals surface area contributed by atoms with Crippen molar-refractivity contribution in [2.45, 2.75) is 6.42 Å². The van der Waals surface area contributed by atoms with Gasteiger partial charge in [0, 0.05) is 38.6 Å². The predicted molar refractivity (Wildman–Crippen MR) is 99.7 cm³/mol. The van der Waals surface area contributed by atoms with E-state index < -0.39 is 0 Å². The largest absolute Gasteiger partial charge is 0.491 e. The number of hydrogen-bond donors (Lipinski definition) is 0. The standard InChI is InChI=1S/C19H21N5O3/c25-18-5-12-27-16-4-2-1-3-15(16)24(18)14-19(26)23-10-8-22(9-11-23)17-13-20-6-7-21-17/h1-4,6-7,13H,5,8-12,14H2. The number of ether oxygens (including phenoxy) is 1. The number of aromatic nitrogens is 2. The minimum Gasteiger partial charge on any atom is -0.491 e. The van der Waals surface area contributed by atoms with Crippen LogP contribution in [0.25, 0.3) is 0 Å². The minimum absolute atomic E-state index is 0.0321. The summed E-state index contributed by atoms with van der Waals surface area (Å²) in [5, 5.41) is 0. The van der Waals surface area contributed by atoms with Crippen molar-refractivity contribution in [3.8, 4) is 5.75 Å². The number of benzene rings is 1. The summed E-state index contributed by atoms with van der Waals surface area (Å²) in [6.45, 7) is 2.93. The maximum absolute atomic E-state index is 12.8. The fourth-order valence-corrected chi connectivity index (χ4v) is 3.37. The van der Waals surface area contributed by atoms with Crippen molar-refractivity contribution in [3.63, 3.8) is 0 Å². The molecule has 2 aromatic rings. The lowest BCUT2D eigenvalue weighted by Gasteiger charge is -2.36. The van der Waals surface area contributed by atoms with Gasteiger partial charge in [-0.3, -0.25) is 19.5 Å². The minimum atomic E-state index is -0.0912. The Morgan fingerprint density at radius 1 is 1.11 bits per heavy atom. The number of rotatable bonds is 3. The molecule has 3 heterocycles. The van der Waals surface area contributed by atoms with Crippen molar-refractivity contribution < 1.29 is 14.3 Å². The van der Waals surface area contributed by atoms with Crippen LogP contribution < -0.4 is 14.5 Å². The highest BCUT2D eigenvalue weighted by molar-refractivity contribution is 6.00. The van der Waals surface area contributed by atoms with Crippen LogP contribution in [0.3, 0.4) is 0 Å². The first-order chi connectivity index (χ1) is 13.2. The van der Waals surface area contributed by atoms with Crippen molar-refractivity contribution >= 4 is 23.3 Å². The van der Waals surface area contributed by atoms with E-state index in [0.717, 1.165) is 5.82 Å². The van der Waals surface area contributed by atoms with Crippen LogP contribution in [0.4, 0.5) is 11.5 Å². The summed E-state index contributed by atoms with van der Waals surface area (Å²) in [5.41, 5.74) is 0.659. The molecule has 0 N–H and O–H groups in total. The molecule has 0 bridgehead atoms. The number of para-hydroxylation sites is 2. The van der Waals surface area contributed by atoms with Gasteiger partial charge in [-0.15, -0.1) is 0 Å². The molecule has 0 spiro atoms. The molecule has 27 heavy (non-hydrogen) atoms. The lowest BCUT2D eigenvalue weighted by Crippen LogP contribution is -2.52. The summed E-state index contributed by atoms with van der Waals surface area (Å²) in [6, 6.07) is 7.35. The van der Waals surface area contributed by atoms with Gasteiger partial charge in [0.05, 0.1) is 24.9 Å². The molecule has 0 unspecified atom stereocenters. The van der Waals surface area contributed by atoms with Crippen LogP contribution in [-0.4, -0.2) is 66.0 Å². The molecule has 1 aromatic heterocycles. The maximum atomic E-state index is 12.8. The zero-order valence-electron chi connectivity index (χ0n) is 15.0. The number of carbonyl (C=O) groups excluding carboxylic acids is 2. The highest BCUT2D eigenvalue weighted by Gasteiger charge is 2.28. The fraction of sp³-hybridized carbons (Fsp3) is 0.368. The normalized spacial score (nSPS) is 17.2. The Bertz CT molecular complexity index is 821. The van der Waals surface area contributed by atoms with Gasteiger partial charge in [-0.2, -0.15) is 0 Å². The average Bonchev–Trinajstić information content (AvgIpc) is 2.88. The van der Waals surface area contributed by atoms with Gasteiger partial charge in [0.25, 0.3) is 0 Å². The fourth-order valence-electron chi connectivity index (χ4n) is 3.37. The number of amides is 2. The van der Waals surface area contributed by atoms with E-state index in [1.807, 2.05) is 24.3 Å². The average molecular weight is 367 g/mol. The van der Waals surface area contributed by atoms with Crippen LogP contribution in [-0.2, 0) is 9.59 Å². The maximum Gasteiger partial charge on any atom is 0.242 e. The lowest BCUT2D eigenvalue weighted by atomic mass is 10.2. The molecular formula is C19H21N5O3. The highest BCUT2D eigenvalue weighted by atomic mass is 16.5. The summed E-state index contributed by atoms with van der Waals surface area (Å²) in [7, 11) is 0. The van der Waals surface area contributed by atoms with E-state index in [4.69, 9.17) is 4.74 Å². The van der Waals surface area contributed by atoms with Crippen LogP contribution >= 0.6 is 0 Å². The van der Waals surface area contributed by atoms with Gasteiger partial charge in [0.2, 0.25) is 11.8 Å². The summed E-state index contributed by atoms with van der Waals surface area (Å²) in [5.74, 6) is 1.31. The van der Waals surface area contributed by atoms with Gasteiger partial charge in [-0.05, 0) is 12.1 Å². The molecule has 1 fully saturated rings. The van der Waals surface area contributed by atoms with Crippen molar-refractivity contribution in [3.05, 3.63) is 42.9 Å². The summed E-state index contributed by atoms with van der Waals surface area (Å²) < 4.78 is 5.63. The Morgan fingerprint density at radius 3 is 2.70 bits per heavy atom. The third-order valence-corrected chi connectivity index (χ3v) is 4.83. The third kappa shape index (κ3) is 3.69. The number of carbonyl (C=O) groups is 2. The Labute approximate surface area is 157 Å². The molecule has 4 rings (SSSR count). The zero-order valence-corrected chi connectivity index (χ0v) is 15.0. The SMILES string of the molecule is O=C(CN1C(=O)CCOc2ccccc21)N1CCN(c2cnccn2)CC1. The van der Waals surface area contributed by atoms with Gasteiger partial charge in [-0.1, -0.05) is 12.1 Å². The van der Waals surface area contributed by atoms with Crippen LogP contribution in [0.2, 0.25) is 0 Å². The van der Waals surface area contributed by atoms with E-state index in [2.05, 4.69) is 14.9 Å².